The molecule has 0 aliphatic carbocycles. The van der Waals surface area contributed by atoms with Gasteiger partial charge in [0.1, 0.15) is 0 Å². The molecule has 2 aromatic heterocycles. The quantitative estimate of drug-likeness (QED) is 0.504. The molecule has 1 fully saturated rings. The molecule has 5 rings (SSSR count). The first kappa shape index (κ1) is 19.3. The van der Waals surface area contributed by atoms with Crippen LogP contribution in [0.4, 0.5) is 0 Å². The number of nitrogens with one attached hydrogen (secondary N) is 1. The van der Waals surface area contributed by atoms with Gasteiger partial charge in [0.25, 0.3) is 5.56 Å². The fourth-order valence-electron chi connectivity index (χ4n) is 4.65. The molecule has 0 atom stereocenters. The van der Waals surface area contributed by atoms with E-state index in [0.29, 0.717) is 28.4 Å². The zero-order valence-electron chi connectivity index (χ0n) is 16.9. The van der Waals surface area contributed by atoms with E-state index in [1.54, 1.807) is 29.1 Å². The van der Waals surface area contributed by atoms with Crippen molar-refractivity contribution < 1.29 is 0 Å². The molecule has 0 amide bonds. The molecule has 0 radical (unpaired) electrons. The molecule has 30 heavy (non-hydrogen) atoms. The van der Waals surface area contributed by atoms with Gasteiger partial charge in [0, 0.05) is 28.7 Å². The number of para-hydroxylation sites is 1. The van der Waals surface area contributed by atoms with Crippen molar-refractivity contribution in [3.8, 4) is 0 Å². The topological polar surface area (TPSA) is 53.9 Å². The lowest BCUT2D eigenvalue weighted by atomic mass is 9.89. The average Bonchev–Trinajstić information content (AvgIpc) is 3.20. The smallest absolute Gasteiger partial charge is 0.261 e. The summed E-state index contributed by atoms with van der Waals surface area (Å²) in [6, 6.07) is 13.8. The minimum absolute atomic E-state index is 0.0134. The second-order valence-electron chi connectivity index (χ2n) is 8.16. The molecule has 6 heteroatoms. The maximum atomic E-state index is 12.7. The molecule has 5 nitrogen and oxygen atoms in total. The van der Waals surface area contributed by atoms with Crippen LogP contribution in [-0.4, -0.2) is 39.1 Å². The zero-order valence-corrected chi connectivity index (χ0v) is 17.6. The molecule has 0 unspecified atom stereocenters. The Morgan fingerprint density at radius 3 is 2.77 bits per heavy atom. The van der Waals surface area contributed by atoms with Gasteiger partial charge in [-0.2, -0.15) is 0 Å². The zero-order chi connectivity index (χ0) is 20.5. The van der Waals surface area contributed by atoms with Crippen LogP contribution in [0.5, 0.6) is 0 Å². The van der Waals surface area contributed by atoms with E-state index in [-0.39, 0.29) is 5.56 Å². The predicted molar refractivity (Wildman–Crippen MR) is 122 cm³/mol. The Balaban J connectivity index is 1.17. The third kappa shape index (κ3) is 3.75. The van der Waals surface area contributed by atoms with Crippen molar-refractivity contribution >= 4 is 33.4 Å². The molecule has 0 spiro atoms. The molecule has 0 bridgehead atoms. The summed E-state index contributed by atoms with van der Waals surface area (Å²) in [5.74, 6) is 0.620. The number of aromatic amines is 1. The maximum absolute atomic E-state index is 12.7. The number of fused-ring (bicyclic) bond motifs is 2. The molecule has 4 aromatic rings. The third-order valence-corrected chi connectivity index (χ3v) is 6.54. The lowest BCUT2D eigenvalue weighted by Crippen LogP contribution is -2.34. The molecule has 1 N–H and O–H groups in total. The number of likely N-dealkylation sites (tertiary alicyclic amines) is 1. The number of hydrogen-bond donors (Lipinski definition) is 1. The van der Waals surface area contributed by atoms with Crippen molar-refractivity contribution in [1.82, 2.24) is 19.4 Å². The van der Waals surface area contributed by atoms with Gasteiger partial charge in [-0.25, -0.2) is 4.98 Å². The van der Waals surface area contributed by atoms with Gasteiger partial charge in [0.15, 0.2) is 0 Å². The van der Waals surface area contributed by atoms with Crippen molar-refractivity contribution in [2.45, 2.75) is 31.7 Å². The van der Waals surface area contributed by atoms with Crippen molar-refractivity contribution in [1.29, 1.82) is 0 Å². The minimum atomic E-state index is -0.0134. The van der Waals surface area contributed by atoms with Crippen LogP contribution in [0.1, 0.15) is 30.7 Å². The van der Waals surface area contributed by atoms with Crippen LogP contribution in [0.2, 0.25) is 5.02 Å². The lowest BCUT2D eigenvalue weighted by molar-refractivity contribution is 0.207. The Labute approximate surface area is 180 Å². The largest absolute Gasteiger partial charge is 0.361 e. The van der Waals surface area contributed by atoms with E-state index in [4.69, 9.17) is 11.6 Å². The van der Waals surface area contributed by atoms with Gasteiger partial charge in [0.05, 0.1) is 17.2 Å². The van der Waals surface area contributed by atoms with Gasteiger partial charge < -0.3 is 9.88 Å². The van der Waals surface area contributed by atoms with E-state index >= 15 is 0 Å². The first-order valence-corrected chi connectivity index (χ1v) is 11.0. The molecular weight excluding hydrogens is 396 g/mol. The highest BCUT2D eigenvalue weighted by Gasteiger charge is 2.22. The lowest BCUT2D eigenvalue weighted by Gasteiger charge is -2.32. The summed E-state index contributed by atoms with van der Waals surface area (Å²) >= 11 is 6.05. The van der Waals surface area contributed by atoms with Gasteiger partial charge in [0.2, 0.25) is 0 Å². The van der Waals surface area contributed by atoms with E-state index in [1.807, 2.05) is 0 Å². The SMILES string of the molecule is O=c1c2cc(Cl)ccc2ncn1CCCN1CCC(c2c[nH]c3ccccc23)CC1. The van der Waals surface area contributed by atoms with E-state index in [1.165, 1.54) is 29.3 Å². The average molecular weight is 421 g/mol. The van der Waals surface area contributed by atoms with Crippen molar-refractivity contribution in [3.05, 3.63) is 75.9 Å². The predicted octanol–water partition coefficient (Wildman–Crippen LogP) is 4.80. The summed E-state index contributed by atoms with van der Waals surface area (Å²) in [6.07, 6.45) is 7.14. The molecule has 3 heterocycles. The number of H-pyrrole nitrogens is 1. The van der Waals surface area contributed by atoms with Crippen molar-refractivity contribution in [2.75, 3.05) is 19.6 Å². The molecular formula is C24H25ClN4O. The second-order valence-corrected chi connectivity index (χ2v) is 8.60. The van der Waals surface area contributed by atoms with Gasteiger partial charge in [-0.05, 0) is 74.6 Å². The summed E-state index contributed by atoms with van der Waals surface area (Å²) in [6.45, 7) is 3.88. The maximum Gasteiger partial charge on any atom is 0.261 e. The molecule has 1 saturated heterocycles. The number of nitrogens with zero attached hydrogens (tertiary/aromatic N) is 3. The number of benzene rings is 2. The van der Waals surface area contributed by atoms with Crippen LogP contribution in [0.15, 0.2) is 59.8 Å². The van der Waals surface area contributed by atoms with E-state index < -0.39 is 0 Å². The summed E-state index contributed by atoms with van der Waals surface area (Å²) in [5, 5.41) is 2.51. The van der Waals surface area contributed by atoms with Crippen molar-refractivity contribution in [2.24, 2.45) is 0 Å². The Hall–Kier alpha value is -2.63. The van der Waals surface area contributed by atoms with Gasteiger partial charge >= 0.3 is 0 Å². The minimum Gasteiger partial charge on any atom is -0.361 e. The number of aromatic nitrogens is 3. The first-order chi connectivity index (χ1) is 14.7. The Morgan fingerprint density at radius 2 is 1.90 bits per heavy atom. The summed E-state index contributed by atoms with van der Waals surface area (Å²) in [5.41, 5.74) is 3.36. The molecule has 154 valence electrons. The van der Waals surface area contributed by atoms with Gasteiger partial charge in [-0.1, -0.05) is 29.8 Å². The summed E-state index contributed by atoms with van der Waals surface area (Å²) in [4.78, 5) is 23.0. The summed E-state index contributed by atoms with van der Waals surface area (Å²) < 4.78 is 1.71. The Bertz CT molecular complexity index is 1240. The second kappa shape index (κ2) is 8.25. The van der Waals surface area contributed by atoms with Gasteiger partial charge in [-0.3, -0.25) is 9.36 Å². The summed E-state index contributed by atoms with van der Waals surface area (Å²) in [7, 11) is 0. The van der Waals surface area contributed by atoms with Crippen molar-refractivity contribution in [3.63, 3.8) is 0 Å². The first-order valence-electron chi connectivity index (χ1n) is 10.6. The Kier molecular flexibility index (Phi) is 5.32. The number of rotatable bonds is 5. The van der Waals surface area contributed by atoms with Crippen LogP contribution in [0.3, 0.4) is 0 Å². The molecule has 1 aliphatic heterocycles. The van der Waals surface area contributed by atoms with E-state index in [0.717, 1.165) is 26.1 Å². The fraction of sp³-hybridized carbons (Fsp3) is 0.333. The van der Waals surface area contributed by atoms with Crippen LogP contribution in [-0.2, 0) is 6.54 Å². The van der Waals surface area contributed by atoms with Crippen LogP contribution < -0.4 is 5.56 Å². The van der Waals surface area contributed by atoms with Crippen LogP contribution >= 0.6 is 11.6 Å². The number of hydrogen-bond acceptors (Lipinski definition) is 3. The van der Waals surface area contributed by atoms with Gasteiger partial charge in [-0.15, -0.1) is 0 Å². The number of halogens is 1. The van der Waals surface area contributed by atoms with E-state index in [2.05, 4.69) is 45.3 Å². The monoisotopic (exact) mass is 420 g/mol. The van der Waals surface area contributed by atoms with E-state index in [9.17, 15) is 4.79 Å². The normalized spacial score (nSPS) is 15.9. The fourth-order valence-corrected chi connectivity index (χ4v) is 4.83. The molecule has 2 aromatic carbocycles. The highest BCUT2D eigenvalue weighted by Crippen LogP contribution is 2.33. The molecule has 1 aliphatic rings. The molecule has 0 saturated carbocycles. The highest BCUT2D eigenvalue weighted by molar-refractivity contribution is 6.31. The third-order valence-electron chi connectivity index (χ3n) is 6.31. The Morgan fingerprint density at radius 1 is 1.07 bits per heavy atom. The van der Waals surface area contributed by atoms with Crippen LogP contribution in [0, 0.1) is 0 Å². The van der Waals surface area contributed by atoms with Crippen LogP contribution in [0.25, 0.3) is 21.8 Å². The number of piperidine rings is 1. The number of aryl methyl sites for hydroxylation is 1. The highest BCUT2D eigenvalue weighted by atomic mass is 35.5. The standard InChI is InChI=1S/C24H25ClN4O/c25-18-6-7-23-20(14-18)24(30)29(16-27-23)11-3-10-28-12-8-17(9-13-28)21-15-26-22-5-2-1-4-19(21)22/h1-2,4-7,14-17,26H,3,8-13H2.